The van der Waals surface area contributed by atoms with Gasteiger partial charge in [0.25, 0.3) is 0 Å². The molecule has 3 rings (SSSR count). The van der Waals surface area contributed by atoms with Crippen molar-refractivity contribution in [1.29, 1.82) is 0 Å². The Hall–Kier alpha value is -1.14. The second kappa shape index (κ2) is 7.42. The topological polar surface area (TPSA) is 48.5 Å². The molecule has 2 saturated heterocycles. The SMILES string of the molecule is Cc1csc(CNC(=O)N2CCC(CN3CCCC3)CC2)n1. The molecule has 1 aromatic rings. The molecule has 0 unspecified atom stereocenters. The quantitative estimate of drug-likeness (QED) is 0.926. The van der Waals surface area contributed by atoms with Crippen LogP contribution >= 0.6 is 11.3 Å². The van der Waals surface area contributed by atoms with Crippen LogP contribution in [0.5, 0.6) is 0 Å². The first-order chi connectivity index (χ1) is 10.7. The molecule has 122 valence electrons. The number of thiazole rings is 1. The first-order valence-corrected chi connectivity index (χ1v) is 9.25. The van der Waals surface area contributed by atoms with Crippen molar-refractivity contribution < 1.29 is 4.79 Å². The highest BCUT2D eigenvalue weighted by Gasteiger charge is 2.25. The van der Waals surface area contributed by atoms with Gasteiger partial charge >= 0.3 is 6.03 Å². The molecule has 22 heavy (non-hydrogen) atoms. The van der Waals surface area contributed by atoms with Gasteiger partial charge in [0.05, 0.1) is 6.54 Å². The summed E-state index contributed by atoms with van der Waals surface area (Å²) < 4.78 is 0. The van der Waals surface area contributed by atoms with E-state index in [1.54, 1.807) is 11.3 Å². The van der Waals surface area contributed by atoms with Gasteiger partial charge in [-0.05, 0) is 51.6 Å². The maximum Gasteiger partial charge on any atom is 0.317 e. The highest BCUT2D eigenvalue weighted by molar-refractivity contribution is 7.09. The number of likely N-dealkylation sites (tertiary alicyclic amines) is 2. The Morgan fingerprint density at radius 1 is 1.32 bits per heavy atom. The van der Waals surface area contributed by atoms with Crippen molar-refractivity contribution in [2.45, 2.75) is 39.2 Å². The van der Waals surface area contributed by atoms with E-state index in [1.807, 2.05) is 17.2 Å². The fourth-order valence-corrected chi connectivity index (χ4v) is 4.11. The number of hydrogen-bond acceptors (Lipinski definition) is 4. The Kier molecular flexibility index (Phi) is 5.31. The number of aryl methyl sites for hydroxylation is 1. The van der Waals surface area contributed by atoms with Crippen LogP contribution in [-0.4, -0.2) is 53.5 Å². The molecule has 2 amide bonds. The maximum atomic E-state index is 12.2. The van der Waals surface area contributed by atoms with Gasteiger partial charge in [-0.25, -0.2) is 9.78 Å². The zero-order valence-corrected chi connectivity index (χ0v) is 14.2. The van der Waals surface area contributed by atoms with Crippen molar-refractivity contribution in [3.8, 4) is 0 Å². The van der Waals surface area contributed by atoms with Crippen LogP contribution in [0.25, 0.3) is 0 Å². The Bertz CT molecular complexity index is 490. The van der Waals surface area contributed by atoms with Gasteiger partial charge in [0, 0.05) is 30.7 Å². The van der Waals surface area contributed by atoms with Crippen molar-refractivity contribution in [1.82, 2.24) is 20.1 Å². The van der Waals surface area contributed by atoms with Crippen LogP contribution in [0.15, 0.2) is 5.38 Å². The van der Waals surface area contributed by atoms with E-state index in [1.165, 1.54) is 32.5 Å². The predicted octanol–water partition coefficient (Wildman–Crippen LogP) is 2.47. The average Bonchev–Trinajstić information content (AvgIpc) is 3.17. The summed E-state index contributed by atoms with van der Waals surface area (Å²) in [4.78, 5) is 21.1. The van der Waals surface area contributed by atoms with Crippen molar-refractivity contribution in [2.24, 2.45) is 5.92 Å². The molecule has 6 heteroatoms. The van der Waals surface area contributed by atoms with Crippen LogP contribution in [0.1, 0.15) is 36.4 Å². The lowest BCUT2D eigenvalue weighted by atomic mass is 9.96. The number of hydrogen-bond donors (Lipinski definition) is 1. The highest BCUT2D eigenvalue weighted by Crippen LogP contribution is 2.20. The number of urea groups is 1. The Labute approximate surface area is 136 Å². The van der Waals surface area contributed by atoms with Gasteiger partial charge in [-0.1, -0.05) is 0 Å². The normalized spacial score (nSPS) is 20.5. The lowest BCUT2D eigenvalue weighted by Gasteiger charge is -2.33. The number of nitrogens with one attached hydrogen (secondary N) is 1. The maximum absolute atomic E-state index is 12.2. The molecule has 1 aromatic heterocycles. The molecule has 0 aromatic carbocycles. The molecule has 0 radical (unpaired) electrons. The molecule has 0 aliphatic carbocycles. The molecule has 0 atom stereocenters. The Balaban J connectivity index is 1.37. The van der Waals surface area contributed by atoms with Gasteiger partial charge in [0.15, 0.2) is 0 Å². The summed E-state index contributed by atoms with van der Waals surface area (Å²) in [6, 6.07) is 0.0625. The lowest BCUT2D eigenvalue weighted by molar-refractivity contribution is 0.154. The Morgan fingerprint density at radius 3 is 2.68 bits per heavy atom. The van der Waals surface area contributed by atoms with E-state index < -0.39 is 0 Å². The number of aromatic nitrogens is 1. The Morgan fingerprint density at radius 2 is 2.05 bits per heavy atom. The minimum atomic E-state index is 0.0625. The predicted molar refractivity (Wildman–Crippen MR) is 89.1 cm³/mol. The van der Waals surface area contributed by atoms with E-state index in [0.29, 0.717) is 6.54 Å². The highest BCUT2D eigenvalue weighted by atomic mass is 32.1. The molecule has 0 saturated carbocycles. The molecule has 0 bridgehead atoms. The van der Waals surface area contributed by atoms with Crippen LogP contribution in [-0.2, 0) is 6.54 Å². The van der Waals surface area contributed by atoms with Crippen molar-refractivity contribution in [3.05, 3.63) is 16.1 Å². The van der Waals surface area contributed by atoms with Gasteiger partial charge in [0.2, 0.25) is 0 Å². The molecular weight excluding hydrogens is 296 g/mol. The summed E-state index contributed by atoms with van der Waals surface area (Å²) in [6.07, 6.45) is 5.00. The molecule has 3 heterocycles. The summed E-state index contributed by atoms with van der Waals surface area (Å²) in [7, 11) is 0. The lowest BCUT2D eigenvalue weighted by Crippen LogP contribution is -2.45. The first-order valence-electron chi connectivity index (χ1n) is 8.37. The van der Waals surface area contributed by atoms with E-state index in [4.69, 9.17) is 0 Å². The minimum absolute atomic E-state index is 0.0625. The molecular formula is C16H26N4OS. The van der Waals surface area contributed by atoms with Crippen LogP contribution in [0.2, 0.25) is 0 Å². The average molecular weight is 322 g/mol. The molecule has 5 nitrogen and oxygen atoms in total. The summed E-state index contributed by atoms with van der Waals surface area (Å²) >= 11 is 1.61. The van der Waals surface area contributed by atoms with Gasteiger partial charge in [-0.3, -0.25) is 0 Å². The summed E-state index contributed by atoms with van der Waals surface area (Å²) in [5.41, 5.74) is 1.02. The van der Waals surface area contributed by atoms with Crippen molar-refractivity contribution in [3.63, 3.8) is 0 Å². The number of amides is 2. The van der Waals surface area contributed by atoms with Crippen molar-refractivity contribution >= 4 is 17.4 Å². The number of nitrogens with zero attached hydrogens (tertiary/aromatic N) is 3. The summed E-state index contributed by atoms with van der Waals surface area (Å²) in [5, 5.41) is 5.99. The fraction of sp³-hybridized carbons (Fsp3) is 0.750. The number of carbonyl (C=O) groups is 1. The molecule has 2 aliphatic rings. The van der Waals surface area contributed by atoms with E-state index in [9.17, 15) is 4.79 Å². The van der Waals surface area contributed by atoms with E-state index in [-0.39, 0.29) is 6.03 Å². The van der Waals surface area contributed by atoms with Crippen LogP contribution in [0.4, 0.5) is 4.79 Å². The molecule has 2 aliphatic heterocycles. The minimum Gasteiger partial charge on any atom is -0.331 e. The largest absolute Gasteiger partial charge is 0.331 e. The fourth-order valence-electron chi connectivity index (χ4n) is 3.40. The van der Waals surface area contributed by atoms with Gasteiger partial charge < -0.3 is 15.1 Å². The van der Waals surface area contributed by atoms with Gasteiger partial charge in [-0.15, -0.1) is 11.3 Å². The van der Waals surface area contributed by atoms with Gasteiger partial charge in [-0.2, -0.15) is 0 Å². The zero-order valence-electron chi connectivity index (χ0n) is 13.4. The standard InChI is InChI=1S/C16H26N4OS/c1-13-12-22-15(18-13)10-17-16(21)20-8-4-14(5-9-20)11-19-6-2-3-7-19/h12,14H,2-11H2,1H3,(H,17,21). The molecule has 2 fully saturated rings. The zero-order chi connectivity index (χ0) is 15.4. The molecule has 1 N–H and O–H groups in total. The number of rotatable bonds is 4. The van der Waals surface area contributed by atoms with E-state index >= 15 is 0 Å². The van der Waals surface area contributed by atoms with Crippen LogP contribution in [0.3, 0.4) is 0 Å². The monoisotopic (exact) mass is 322 g/mol. The smallest absolute Gasteiger partial charge is 0.317 e. The van der Waals surface area contributed by atoms with Crippen LogP contribution < -0.4 is 5.32 Å². The third-order valence-electron chi connectivity index (χ3n) is 4.67. The first kappa shape index (κ1) is 15.7. The van der Waals surface area contributed by atoms with E-state index in [2.05, 4.69) is 15.2 Å². The second-order valence-corrected chi connectivity index (χ2v) is 7.42. The van der Waals surface area contributed by atoms with Gasteiger partial charge in [0.1, 0.15) is 5.01 Å². The number of piperidine rings is 1. The van der Waals surface area contributed by atoms with Crippen LogP contribution in [0, 0.1) is 12.8 Å². The number of carbonyl (C=O) groups excluding carboxylic acids is 1. The summed E-state index contributed by atoms with van der Waals surface area (Å²) in [5.74, 6) is 0.767. The van der Waals surface area contributed by atoms with E-state index in [0.717, 1.165) is 42.6 Å². The third-order valence-corrected chi connectivity index (χ3v) is 5.64. The summed E-state index contributed by atoms with van der Waals surface area (Å²) in [6.45, 7) is 8.08. The molecule has 0 spiro atoms. The third kappa shape index (κ3) is 4.20. The second-order valence-electron chi connectivity index (χ2n) is 6.48. The van der Waals surface area contributed by atoms with Crippen molar-refractivity contribution in [2.75, 3.05) is 32.7 Å².